The van der Waals surface area contributed by atoms with Crippen molar-refractivity contribution in [2.24, 2.45) is 0 Å². The molecule has 0 aliphatic rings. The molecule has 5 nitrogen and oxygen atoms in total. The first-order valence-corrected chi connectivity index (χ1v) is 4.43. The number of rotatable bonds is 4. The lowest BCUT2D eigenvalue weighted by molar-refractivity contribution is -0.135. The van der Waals surface area contributed by atoms with E-state index in [1.807, 2.05) is 6.07 Å². The third kappa shape index (κ3) is 3.00. The number of aromatic nitrogens is 1. The predicted molar refractivity (Wildman–Crippen MR) is 57.6 cm³/mol. The van der Waals surface area contributed by atoms with Gasteiger partial charge in [-0.3, -0.25) is 4.79 Å². The van der Waals surface area contributed by atoms with E-state index >= 15 is 0 Å². The number of carboxylic acids is 1. The Morgan fingerprint density at radius 2 is 2.44 bits per heavy atom. The van der Waals surface area contributed by atoms with Crippen LogP contribution in [0.4, 0.5) is 5.82 Å². The summed E-state index contributed by atoms with van der Waals surface area (Å²) in [6, 6.07) is 4.99. The third-order valence-electron chi connectivity index (χ3n) is 1.81. The molecule has 1 aromatic heterocycles. The SMILES string of the molecule is C#CCN(CC(=O)O)c1cc(C#N)ccn1. The average molecular weight is 215 g/mol. The Labute approximate surface area is 92.9 Å². The van der Waals surface area contributed by atoms with Crippen molar-refractivity contribution >= 4 is 11.8 Å². The van der Waals surface area contributed by atoms with E-state index in [4.69, 9.17) is 16.8 Å². The van der Waals surface area contributed by atoms with Gasteiger partial charge in [-0.15, -0.1) is 6.42 Å². The molecule has 5 heteroatoms. The molecule has 0 spiro atoms. The lowest BCUT2D eigenvalue weighted by Crippen LogP contribution is -2.30. The molecule has 0 amide bonds. The molecule has 0 saturated carbocycles. The Morgan fingerprint density at radius 3 is 3.00 bits per heavy atom. The largest absolute Gasteiger partial charge is 0.480 e. The van der Waals surface area contributed by atoms with Crippen molar-refractivity contribution in [3.8, 4) is 18.4 Å². The van der Waals surface area contributed by atoms with Gasteiger partial charge < -0.3 is 10.0 Å². The van der Waals surface area contributed by atoms with Crippen molar-refractivity contribution in [1.82, 2.24) is 4.98 Å². The lowest BCUT2D eigenvalue weighted by atomic mass is 10.3. The van der Waals surface area contributed by atoms with E-state index < -0.39 is 5.97 Å². The van der Waals surface area contributed by atoms with Crippen molar-refractivity contribution in [3.05, 3.63) is 23.9 Å². The zero-order valence-electron chi connectivity index (χ0n) is 8.42. The van der Waals surface area contributed by atoms with Crippen LogP contribution in [0.5, 0.6) is 0 Å². The normalized spacial score (nSPS) is 8.88. The number of anilines is 1. The third-order valence-corrected chi connectivity index (χ3v) is 1.81. The molecule has 0 saturated heterocycles. The van der Waals surface area contributed by atoms with Crippen LogP contribution in [0.15, 0.2) is 18.3 Å². The summed E-state index contributed by atoms with van der Waals surface area (Å²) >= 11 is 0. The summed E-state index contributed by atoms with van der Waals surface area (Å²) in [6.45, 7) is -0.111. The van der Waals surface area contributed by atoms with E-state index in [9.17, 15) is 4.79 Å². The Hall–Kier alpha value is -2.53. The molecule has 1 N–H and O–H groups in total. The second-order valence-corrected chi connectivity index (χ2v) is 2.97. The first kappa shape index (κ1) is 11.5. The quantitative estimate of drug-likeness (QED) is 0.739. The molecule has 16 heavy (non-hydrogen) atoms. The Morgan fingerprint density at radius 1 is 1.69 bits per heavy atom. The van der Waals surface area contributed by atoms with Crippen LogP contribution in [-0.2, 0) is 4.79 Å². The minimum absolute atomic E-state index is 0.133. The molecule has 1 rings (SSSR count). The summed E-state index contributed by atoms with van der Waals surface area (Å²) in [4.78, 5) is 16.0. The van der Waals surface area contributed by atoms with E-state index in [1.54, 1.807) is 6.07 Å². The minimum atomic E-state index is -1.00. The number of hydrogen-bond donors (Lipinski definition) is 1. The molecule has 0 aliphatic heterocycles. The maximum absolute atomic E-state index is 10.6. The van der Waals surface area contributed by atoms with Crippen LogP contribution in [0.3, 0.4) is 0 Å². The molecule has 0 atom stereocenters. The van der Waals surface area contributed by atoms with Crippen LogP contribution in [0.2, 0.25) is 0 Å². The molecule has 0 bridgehead atoms. The van der Waals surface area contributed by atoms with Crippen LogP contribution in [0.25, 0.3) is 0 Å². The van der Waals surface area contributed by atoms with Gasteiger partial charge in [0, 0.05) is 6.20 Å². The maximum Gasteiger partial charge on any atom is 0.323 e. The summed E-state index contributed by atoms with van der Waals surface area (Å²) in [5.74, 6) is 1.74. The number of pyridine rings is 1. The number of hydrogen-bond acceptors (Lipinski definition) is 4. The van der Waals surface area contributed by atoms with Crippen molar-refractivity contribution in [1.29, 1.82) is 5.26 Å². The number of terminal acetylenes is 1. The van der Waals surface area contributed by atoms with Crippen molar-refractivity contribution in [2.45, 2.75) is 0 Å². The molecule has 1 heterocycles. The zero-order chi connectivity index (χ0) is 12.0. The van der Waals surface area contributed by atoms with Gasteiger partial charge in [0.2, 0.25) is 0 Å². The van der Waals surface area contributed by atoms with Gasteiger partial charge in [-0.2, -0.15) is 5.26 Å². The van der Waals surface area contributed by atoms with Gasteiger partial charge in [0.1, 0.15) is 12.4 Å². The maximum atomic E-state index is 10.6. The molecule has 80 valence electrons. The summed E-state index contributed by atoms with van der Waals surface area (Å²) in [7, 11) is 0. The standard InChI is InChI=1S/C11H9N3O2/c1-2-5-14(8-11(15)16)10-6-9(7-12)3-4-13-10/h1,3-4,6H,5,8H2,(H,15,16). The van der Waals surface area contributed by atoms with Crippen molar-refractivity contribution < 1.29 is 9.90 Å². The molecular weight excluding hydrogens is 206 g/mol. The number of aliphatic carboxylic acids is 1. The van der Waals surface area contributed by atoms with Crippen LogP contribution < -0.4 is 4.90 Å². The predicted octanol–water partition coefficient (Wildman–Crippen LogP) is 0.477. The van der Waals surface area contributed by atoms with Crippen molar-refractivity contribution in [3.63, 3.8) is 0 Å². The van der Waals surface area contributed by atoms with E-state index in [0.29, 0.717) is 11.4 Å². The van der Waals surface area contributed by atoms with E-state index in [1.165, 1.54) is 17.2 Å². The smallest absolute Gasteiger partial charge is 0.323 e. The van der Waals surface area contributed by atoms with Gasteiger partial charge in [-0.05, 0) is 12.1 Å². The lowest BCUT2D eigenvalue weighted by Gasteiger charge is -2.18. The topological polar surface area (TPSA) is 77.2 Å². The van der Waals surface area contributed by atoms with Crippen LogP contribution in [-0.4, -0.2) is 29.1 Å². The van der Waals surface area contributed by atoms with Gasteiger partial charge in [0.25, 0.3) is 0 Å². The van der Waals surface area contributed by atoms with E-state index in [-0.39, 0.29) is 13.1 Å². The first-order chi connectivity index (χ1) is 7.67. The molecule has 0 aliphatic carbocycles. The number of carbonyl (C=O) groups is 1. The number of nitrogens with zero attached hydrogens (tertiary/aromatic N) is 3. The van der Waals surface area contributed by atoms with E-state index in [0.717, 1.165) is 0 Å². The Balaban J connectivity index is 2.97. The molecular formula is C11H9N3O2. The number of carboxylic acid groups (broad SMARTS) is 1. The first-order valence-electron chi connectivity index (χ1n) is 4.43. The minimum Gasteiger partial charge on any atom is -0.480 e. The fourth-order valence-corrected chi connectivity index (χ4v) is 1.15. The molecule has 0 radical (unpaired) electrons. The fraction of sp³-hybridized carbons (Fsp3) is 0.182. The molecule has 0 fully saturated rings. The van der Waals surface area contributed by atoms with E-state index in [2.05, 4.69) is 10.9 Å². The average Bonchev–Trinajstić information content (AvgIpc) is 2.28. The van der Waals surface area contributed by atoms with Gasteiger partial charge in [-0.1, -0.05) is 5.92 Å². The Bertz CT molecular complexity index is 471. The number of nitriles is 1. The second kappa shape index (κ2) is 5.38. The highest BCUT2D eigenvalue weighted by atomic mass is 16.4. The molecule has 0 unspecified atom stereocenters. The molecule has 1 aromatic rings. The Kier molecular flexibility index (Phi) is 3.88. The summed E-state index contributed by atoms with van der Waals surface area (Å²) < 4.78 is 0. The summed E-state index contributed by atoms with van der Waals surface area (Å²) in [5, 5.41) is 17.4. The summed E-state index contributed by atoms with van der Waals surface area (Å²) in [5.41, 5.74) is 0.414. The van der Waals surface area contributed by atoms with Crippen LogP contribution in [0.1, 0.15) is 5.56 Å². The van der Waals surface area contributed by atoms with Gasteiger partial charge in [0.15, 0.2) is 0 Å². The summed E-state index contributed by atoms with van der Waals surface area (Å²) in [6.07, 6.45) is 6.58. The van der Waals surface area contributed by atoms with Gasteiger partial charge in [-0.25, -0.2) is 4.98 Å². The molecule has 0 aromatic carbocycles. The zero-order valence-corrected chi connectivity index (χ0v) is 8.42. The monoisotopic (exact) mass is 215 g/mol. The fourth-order valence-electron chi connectivity index (χ4n) is 1.15. The highest BCUT2D eigenvalue weighted by Crippen LogP contribution is 2.11. The highest BCUT2D eigenvalue weighted by molar-refractivity contribution is 5.73. The van der Waals surface area contributed by atoms with Crippen molar-refractivity contribution in [2.75, 3.05) is 18.0 Å². The van der Waals surface area contributed by atoms with Gasteiger partial charge >= 0.3 is 5.97 Å². The van der Waals surface area contributed by atoms with Crippen LogP contribution >= 0.6 is 0 Å². The van der Waals surface area contributed by atoms with Gasteiger partial charge in [0.05, 0.1) is 18.2 Å². The highest BCUT2D eigenvalue weighted by Gasteiger charge is 2.10. The van der Waals surface area contributed by atoms with Crippen LogP contribution in [0, 0.1) is 23.7 Å². The second-order valence-electron chi connectivity index (χ2n) is 2.97.